The molecule has 0 aromatic carbocycles. The lowest BCUT2D eigenvalue weighted by Crippen LogP contribution is -2.44. The second-order valence-electron chi connectivity index (χ2n) is 4.38. The van der Waals surface area contributed by atoms with Crippen LogP contribution >= 0.6 is 0 Å². The summed E-state index contributed by atoms with van der Waals surface area (Å²) < 4.78 is 9.96. The average Bonchev–Trinajstić information content (AvgIpc) is 2.80. The van der Waals surface area contributed by atoms with Gasteiger partial charge in [0.2, 0.25) is 0 Å². The number of rotatable bonds is 6. The van der Waals surface area contributed by atoms with Gasteiger partial charge in [0.25, 0.3) is 0 Å². The summed E-state index contributed by atoms with van der Waals surface area (Å²) in [6.07, 6.45) is 2.00. The quantitative estimate of drug-likeness (QED) is 0.539. The van der Waals surface area contributed by atoms with Crippen LogP contribution in [0.15, 0.2) is 0 Å². The Morgan fingerprint density at radius 2 is 1.95 bits per heavy atom. The van der Waals surface area contributed by atoms with E-state index in [1.54, 1.807) is 13.8 Å². The van der Waals surface area contributed by atoms with E-state index in [0.29, 0.717) is 25.8 Å². The Hall–Kier alpha value is -1.59. The summed E-state index contributed by atoms with van der Waals surface area (Å²) in [6.45, 7) is 4.45. The Balaban J connectivity index is 2.77. The maximum absolute atomic E-state index is 12.0. The summed E-state index contributed by atoms with van der Waals surface area (Å²) in [5.41, 5.74) is 0. The van der Waals surface area contributed by atoms with Gasteiger partial charge in [0, 0.05) is 13.0 Å². The molecule has 1 saturated heterocycles. The third-order valence-electron chi connectivity index (χ3n) is 3.21. The van der Waals surface area contributed by atoms with Crippen LogP contribution in [0.3, 0.4) is 0 Å². The molecule has 1 heterocycles. The third kappa shape index (κ3) is 3.94. The van der Waals surface area contributed by atoms with Gasteiger partial charge in [0.1, 0.15) is 12.3 Å². The van der Waals surface area contributed by atoms with Crippen molar-refractivity contribution in [1.82, 2.24) is 4.90 Å². The summed E-state index contributed by atoms with van der Waals surface area (Å²) in [4.78, 5) is 35.7. The molecule has 6 heteroatoms. The molecule has 0 aromatic rings. The van der Waals surface area contributed by atoms with Gasteiger partial charge in [-0.1, -0.05) is 0 Å². The van der Waals surface area contributed by atoms with E-state index in [1.807, 2.05) is 0 Å². The smallest absolute Gasteiger partial charge is 0.410 e. The number of hydrogen-bond acceptors (Lipinski definition) is 5. The average molecular weight is 271 g/mol. The number of carbonyl (C=O) groups is 3. The molecule has 1 aliphatic rings. The Kier molecular flexibility index (Phi) is 6.32. The minimum atomic E-state index is -0.626. The van der Waals surface area contributed by atoms with E-state index in [-0.39, 0.29) is 19.1 Å². The lowest BCUT2D eigenvalue weighted by molar-refractivity contribution is -0.149. The molecule has 0 spiro atoms. The summed E-state index contributed by atoms with van der Waals surface area (Å²) >= 11 is 0. The summed E-state index contributed by atoms with van der Waals surface area (Å²) in [6, 6.07) is -0.626. The lowest BCUT2D eigenvalue weighted by atomic mass is 9.95. The van der Waals surface area contributed by atoms with Gasteiger partial charge in [-0.25, -0.2) is 9.59 Å². The highest BCUT2D eigenvalue weighted by molar-refractivity contribution is 5.82. The highest BCUT2D eigenvalue weighted by Gasteiger charge is 2.43. The molecular weight excluding hydrogens is 250 g/mol. The lowest BCUT2D eigenvalue weighted by Gasteiger charge is -2.25. The number of ether oxygens (including phenoxy) is 2. The van der Waals surface area contributed by atoms with Crippen molar-refractivity contribution in [2.24, 2.45) is 5.92 Å². The Labute approximate surface area is 113 Å². The van der Waals surface area contributed by atoms with Crippen molar-refractivity contribution in [2.75, 3.05) is 19.8 Å². The molecule has 0 saturated carbocycles. The molecular formula is C13H21NO5. The van der Waals surface area contributed by atoms with Gasteiger partial charge in [-0.3, -0.25) is 4.90 Å². The van der Waals surface area contributed by atoms with Gasteiger partial charge in [-0.05, 0) is 32.6 Å². The van der Waals surface area contributed by atoms with Crippen LogP contribution in [0, 0.1) is 5.92 Å². The Bertz CT molecular complexity index is 331. The monoisotopic (exact) mass is 271 g/mol. The zero-order chi connectivity index (χ0) is 14.3. The normalized spacial score (nSPS) is 22.1. The van der Waals surface area contributed by atoms with Crippen molar-refractivity contribution in [1.29, 1.82) is 0 Å². The van der Waals surface area contributed by atoms with Crippen molar-refractivity contribution < 1.29 is 23.9 Å². The number of hydrogen-bond donors (Lipinski definition) is 0. The third-order valence-corrected chi connectivity index (χ3v) is 3.21. The van der Waals surface area contributed by atoms with Gasteiger partial charge >= 0.3 is 12.1 Å². The van der Waals surface area contributed by atoms with Crippen molar-refractivity contribution >= 4 is 18.3 Å². The van der Waals surface area contributed by atoms with Crippen LogP contribution in [-0.4, -0.2) is 49.0 Å². The van der Waals surface area contributed by atoms with Gasteiger partial charge in [-0.15, -0.1) is 0 Å². The summed E-state index contributed by atoms with van der Waals surface area (Å²) in [5, 5.41) is 0. The fourth-order valence-corrected chi connectivity index (χ4v) is 2.40. The fourth-order valence-electron chi connectivity index (χ4n) is 2.40. The second kappa shape index (κ2) is 7.76. The minimum absolute atomic E-state index is 0.0337. The van der Waals surface area contributed by atoms with Crippen LogP contribution < -0.4 is 0 Å². The first kappa shape index (κ1) is 15.5. The molecule has 2 atom stereocenters. The molecule has 1 rings (SSSR count). The predicted octanol–water partition coefficient (Wildman–Crippen LogP) is 1.38. The first-order chi connectivity index (χ1) is 9.15. The van der Waals surface area contributed by atoms with Crippen LogP contribution in [0.25, 0.3) is 0 Å². The molecule has 0 bridgehead atoms. The van der Waals surface area contributed by atoms with Gasteiger partial charge in [0.15, 0.2) is 0 Å². The Morgan fingerprint density at radius 3 is 2.53 bits per heavy atom. The second-order valence-corrected chi connectivity index (χ2v) is 4.38. The maximum atomic E-state index is 12.0. The Morgan fingerprint density at radius 1 is 1.26 bits per heavy atom. The molecule has 0 N–H and O–H groups in total. The fraction of sp³-hybridized carbons (Fsp3) is 0.769. The zero-order valence-corrected chi connectivity index (χ0v) is 11.5. The topological polar surface area (TPSA) is 72.9 Å². The van der Waals surface area contributed by atoms with Gasteiger partial charge < -0.3 is 14.3 Å². The summed E-state index contributed by atoms with van der Waals surface area (Å²) in [7, 11) is 0. The molecule has 0 aliphatic carbocycles. The SMILES string of the molecule is CCOC(=O)[C@H]1[C@@H](CCC=O)CCN1C(=O)OCC. The number of aldehydes is 1. The number of likely N-dealkylation sites (tertiary alicyclic amines) is 1. The van der Waals surface area contributed by atoms with Crippen LogP contribution in [0.1, 0.15) is 33.1 Å². The van der Waals surface area contributed by atoms with Crippen molar-refractivity contribution in [3.8, 4) is 0 Å². The number of carbonyl (C=O) groups excluding carboxylic acids is 3. The van der Waals surface area contributed by atoms with Crippen LogP contribution in [0.4, 0.5) is 4.79 Å². The molecule has 1 aliphatic heterocycles. The van der Waals surface area contributed by atoms with E-state index in [4.69, 9.17) is 9.47 Å². The largest absolute Gasteiger partial charge is 0.464 e. The van der Waals surface area contributed by atoms with E-state index in [2.05, 4.69) is 0 Å². The van der Waals surface area contributed by atoms with Gasteiger partial charge in [0.05, 0.1) is 13.2 Å². The van der Waals surface area contributed by atoms with Crippen molar-refractivity contribution in [3.05, 3.63) is 0 Å². The molecule has 0 aromatic heterocycles. The number of nitrogens with zero attached hydrogens (tertiary/aromatic N) is 1. The standard InChI is InChI=1S/C13H21NO5/c1-3-18-12(16)11-10(6-5-9-15)7-8-14(11)13(17)19-4-2/h9-11H,3-8H2,1-2H3/t10-,11+/m0/s1. The molecule has 1 amide bonds. The highest BCUT2D eigenvalue weighted by Crippen LogP contribution is 2.29. The van der Waals surface area contributed by atoms with Crippen molar-refractivity contribution in [2.45, 2.75) is 39.2 Å². The molecule has 19 heavy (non-hydrogen) atoms. The maximum Gasteiger partial charge on any atom is 0.410 e. The number of esters is 1. The molecule has 6 nitrogen and oxygen atoms in total. The van der Waals surface area contributed by atoms with E-state index < -0.39 is 18.1 Å². The van der Waals surface area contributed by atoms with E-state index in [9.17, 15) is 14.4 Å². The molecule has 0 unspecified atom stereocenters. The summed E-state index contributed by atoms with van der Waals surface area (Å²) in [5.74, 6) is -0.447. The molecule has 0 radical (unpaired) electrons. The first-order valence-electron chi connectivity index (χ1n) is 6.69. The van der Waals surface area contributed by atoms with Crippen LogP contribution in [0.2, 0.25) is 0 Å². The molecule has 1 fully saturated rings. The zero-order valence-electron chi connectivity index (χ0n) is 11.5. The minimum Gasteiger partial charge on any atom is -0.464 e. The van der Waals surface area contributed by atoms with Crippen LogP contribution in [0.5, 0.6) is 0 Å². The van der Waals surface area contributed by atoms with Crippen LogP contribution in [-0.2, 0) is 19.1 Å². The molecule has 108 valence electrons. The number of amides is 1. The highest BCUT2D eigenvalue weighted by atomic mass is 16.6. The van der Waals surface area contributed by atoms with E-state index in [0.717, 1.165) is 6.29 Å². The van der Waals surface area contributed by atoms with Gasteiger partial charge in [-0.2, -0.15) is 0 Å². The van der Waals surface area contributed by atoms with E-state index in [1.165, 1.54) is 4.90 Å². The first-order valence-corrected chi connectivity index (χ1v) is 6.69. The van der Waals surface area contributed by atoms with Crippen molar-refractivity contribution in [3.63, 3.8) is 0 Å². The predicted molar refractivity (Wildman–Crippen MR) is 67.6 cm³/mol. The van der Waals surface area contributed by atoms with E-state index >= 15 is 0 Å².